The molecule has 6 heterocycles. The van der Waals surface area contributed by atoms with Crippen LogP contribution >= 0.6 is 11.6 Å². The predicted molar refractivity (Wildman–Crippen MR) is 206 cm³/mol. The van der Waals surface area contributed by atoms with Crippen molar-refractivity contribution in [1.29, 1.82) is 0 Å². The van der Waals surface area contributed by atoms with Crippen molar-refractivity contribution in [2.45, 2.75) is 46.2 Å². The van der Waals surface area contributed by atoms with E-state index in [1.807, 2.05) is 28.0 Å². The molecule has 1 aliphatic carbocycles. The molecule has 54 heavy (non-hydrogen) atoms. The van der Waals surface area contributed by atoms with Crippen LogP contribution in [0.15, 0.2) is 48.7 Å². The number of methoxy groups -OCH3 is 2. The Bertz CT molecular complexity index is 2180. The van der Waals surface area contributed by atoms with Crippen LogP contribution in [0.2, 0.25) is 5.02 Å². The van der Waals surface area contributed by atoms with Gasteiger partial charge in [0.15, 0.2) is 0 Å². The number of hydrogen-bond acceptors (Lipinski definition) is 9. The molecule has 2 amide bonds. The third-order valence-electron chi connectivity index (χ3n) is 12.5. The molecule has 4 saturated heterocycles. The summed E-state index contributed by atoms with van der Waals surface area (Å²) in [6, 6.07) is 14.8. The van der Waals surface area contributed by atoms with Crippen molar-refractivity contribution in [2.24, 2.45) is 10.8 Å². The highest BCUT2D eigenvalue weighted by Gasteiger charge is 2.55. The maximum atomic E-state index is 11.8. The lowest BCUT2D eigenvalue weighted by atomic mass is 9.72. The van der Waals surface area contributed by atoms with Gasteiger partial charge in [0.2, 0.25) is 23.6 Å². The average molecular weight is 748 g/mol. The Morgan fingerprint density at radius 1 is 0.796 bits per heavy atom. The molecule has 9 rings (SSSR count). The minimum Gasteiger partial charge on any atom is -0.481 e. The lowest BCUT2D eigenvalue weighted by Crippen LogP contribution is -2.72. The lowest BCUT2D eigenvalue weighted by molar-refractivity contribution is -0.161. The maximum Gasteiger partial charge on any atom is 0.237 e. The summed E-state index contributed by atoms with van der Waals surface area (Å²) in [5, 5.41) is 0.596. The van der Waals surface area contributed by atoms with Crippen LogP contribution in [0.1, 0.15) is 48.7 Å². The number of benzene rings is 2. The highest BCUT2D eigenvalue weighted by molar-refractivity contribution is 6.36. The van der Waals surface area contributed by atoms with Crippen molar-refractivity contribution in [3.63, 3.8) is 0 Å². The van der Waals surface area contributed by atoms with E-state index in [0.29, 0.717) is 29.0 Å². The molecule has 1 atom stereocenters. The van der Waals surface area contributed by atoms with Gasteiger partial charge in [-0.15, -0.1) is 0 Å². The number of rotatable bonds is 8. The van der Waals surface area contributed by atoms with E-state index in [1.165, 1.54) is 11.1 Å². The van der Waals surface area contributed by atoms with Crippen LogP contribution in [0.4, 0.5) is 0 Å². The van der Waals surface area contributed by atoms with E-state index in [0.717, 1.165) is 104 Å². The van der Waals surface area contributed by atoms with Crippen LogP contribution in [0, 0.1) is 17.8 Å². The van der Waals surface area contributed by atoms with Gasteiger partial charge in [-0.25, -0.2) is 9.97 Å². The summed E-state index contributed by atoms with van der Waals surface area (Å²) in [7, 11) is 3.34. The molecule has 2 aromatic heterocycles. The monoisotopic (exact) mass is 747 g/mol. The second-order valence-corrected chi connectivity index (χ2v) is 16.7. The first-order chi connectivity index (χ1) is 26.0. The zero-order valence-electron chi connectivity index (χ0n) is 31.6. The van der Waals surface area contributed by atoms with Crippen LogP contribution in [0.3, 0.4) is 0 Å². The van der Waals surface area contributed by atoms with Crippen LogP contribution in [0.5, 0.6) is 11.8 Å². The van der Waals surface area contributed by atoms with Gasteiger partial charge in [-0.2, -0.15) is 0 Å². The van der Waals surface area contributed by atoms with Gasteiger partial charge in [0.1, 0.15) is 5.69 Å². The SMILES string of the molecule is COc1nc(-c2cccc(-c3cccc(-c4cc5c(c(OC)n4)[C@@H](N4CC6(CN(C(C)=O)C6)C4)CC5)c3C)c2Cl)cnc1CN1CC2(C1)CN(C(C)=O)C2. The summed E-state index contributed by atoms with van der Waals surface area (Å²) in [5.41, 5.74) is 10.1. The van der Waals surface area contributed by atoms with Crippen molar-refractivity contribution in [3.8, 4) is 45.4 Å². The number of hydrogen-bond donors (Lipinski definition) is 0. The summed E-state index contributed by atoms with van der Waals surface area (Å²) < 4.78 is 11.7. The minimum absolute atomic E-state index is 0.147. The van der Waals surface area contributed by atoms with E-state index in [2.05, 4.69) is 41.0 Å². The number of aromatic nitrogens is 3. The second-order valence-electron chi connectivity index (χ2n) is 16.3. The Morgan fingerprint density at radius 2 is 1.39 bits per heavy atom. The van der Waals surface area contributed by atoms with Gasteiger partial charge in [0.05, 0.1) is 36.8 Å². The third-order valence-corrected chi connectivity index (χ3v) is 12.9. The summed E-state index contributed by atoms with van der Waals surface area (Å²) in [5.74, 6) is 1.50. The van der Waals surface area contributed by atoms with Crippen LogP contribution in [-0.2, 0) is 22.6 Å². The number of likely N-dealkylation sites (tertiary alicyclic amines) is 4. The fraction of sp³-hybridized carbons (Fsp3) is 0.452. The zero-order valence-corrected chi connectivity index (χ0v) is 32.4. The quantitative estimate of drug-likeness (QED) is 0.226. The molecule has 0 saturated carbocycles. The number of pyridine rings is 1. The van der Waals surface area contributed by atoms with Crippen LogP contribution in [-0.4, -0.2) is 113 Å². The number of nitrogens with zero attached hydrogens (tertiary/aromatic N) is 7. The van der Waals surface area contributed by atoms with E-state index in [-0.39, 0.29) is 28.7 Å². The fourth-order valence-corrected chi connectivity index (χ4v) is 10.1. The first-order valence-corrected chi connectivity index (χ1v) is 19.2. The Morgan fingerprint density at radius 3 is 2.04 bits per heavy atom. The molecule has 0 bridgehead atoms. The predicted octanol–water partition coefficient (Wildman–Crippen LogP) is 5.67. The summed E-state index contributed by atoms with van der Waals surface area (Å²) in [6.07, 6.45) is 3.80. The molecule has 0 radical (unpaired) electrons. The first kappa shape index (κ1) is 35.1. The lowest BCUT2D eigenvalue weighted by Gasteiger charge is -2.61. The highest BCUT2D eigenvalue weighted by atomic mass is 35.5. The molecular formula is C42H46ClN7O4. The zero-order chi connectivity index (χ0) is 37.5. The van der Waals surface area contributed by atoms with Crippen molar-refractivity contribution in [3.05, 3.63) is 76.1 Å². The Balaban J connectivity index is 0.943. The average Bonchev–Trinajstić information content (AvgIpc) is 3.51. The molecule has 2 aromatic carbocycles. The molecule has 4 aliphatic heterocycles. The topological polar surface area (TPSA) is 104 Å². The first-order valence-electron chi connectivity index (χ1n) is 18.8. The van der Waals surface area contributed by atoms with Gasteiger partial charge in [-0.3, -0.25) is 24.4 Å². The van der Waals surface area contributed by atoms with E-state index < -0.39 is 0 Å². The molecule has 2 spiro atoms. The van der Waals surface area contributed by atoms with E-state index in [1.54, 1.807) is 34.3 Å². The van der Waals surface area contributed by atoms with Crippen LogP contribution in [0.25, 0.3) is 33.6 Å². The molecule has 0 N–H and O–H groups in total. The van der Waals surface area contributed by atoms with E-state index in [4.69, 9.17) is 36.0 Å². The molecule has 0 unspecified atom stereocenters. The highest BCUT2D eigenvalue weighted by Crippen LogP contribution is 2.50. The Labute approximate surface area is 321 Å². The fourth-order valence-electron chi connectivity index (χ4n) is 9.82. The summed E-state index contributed by atoms with van der Waals surface area (Å²) in [4.78, 5) is 47.0. The Kier molecular flexibility index (Phi) is 8.48. The normalized spacial score (nSPS) is 20.9. The molecular weight excluding hydrogens is 702 g/mol. The van der Waals surface area contributed by atoms with Gasteiger partial charge in [-0.05, 0) is 42.5 Å². The summed E-state index contributed by atoms with van der Waals surface area (Å²) in [6.45, 7) is 13.4. The van der Waals surface area contributed by atoms with Crippen molar-refractivity contribution in [1.82, 2.24) is 34.6 Å². The number of carbonyl (C=O) groups is 2. The van der Waals surface area contributed by atoms with Gasteiger partial charge >= 0.3 is 0 Å². The number of halogens is 1. The number of ether oxygens (including phenoxy) is 2. The molecule has 280 valence electrons. The third kappa shape index (κ3) is 5.74. The van der Waals surface area contributed by atoms with Gasteiger partial charge in [0, 0.05) is 112 Å². The molecule has 11 nitrogen and oxygen atoms in total. The van der Waals surface area contributed by atoms with Crippen molar-refractivity contribution >= 4 is 23.4 Å². The number of carbonyl (C=O) groups excluding carboxylic acids is 2. The smallest absolute Gasteiger partial charge is 0.237 e. The number of fused-ring (bicyclic) bond motifs is 1. The molecule has 4 aromatic rings. The molecule has 5 aliphatic rings. The number of amides is 2. The van der Waals surface area contributed by atoms with Gasteiger partial charge < -0.3 is 19.3 Å². The largest absolute Gasteiger partial charge is 0.481 e. The van der Waals surface area contributed by atoms with Gasteiger partial charge in [-0.1, -0.05) is 48.0 Å². The van der Waals surface area contributed by atoms with Crippen molar-refractivity contribution < 1.29 is 19.1 Å². The Hall–Kier alpha value is -4.58. The van der Waals surface area contributed by atoms with Gasteiger partial charge in [0.25, 0.3) is 0 Å². The summed E-state index contributed by atoms with van der Waals surface area (Å²) >= 11 is 7.23. The minimum atomic E-state index is 0.147. The number of aryl methyl sites for hydroxylation is 1. The second kappa shape index (κ2) is 13.0. The molecule has 12 heteroatoms. The molecule has 4 fully saturated rings. The maximum absolute atomic E-state index is 11.8. The van der Waals surface area contributed by atoms with Crippen LogP contribution < -0.4 is 9.47 Å². The van der Waals surface area contributed by atoms with Crippen molar-refractivity contribution in [2.75, 3.05) is 66.6 Å². The van der Waals surface area contributed by atoms with E-state index in [9.17, 15) is 9.59 Å². The standard InChI is InChI=1S/C42H46ClN7O4/c1-25-29(8-6-9-30(25)33-14-28-12-13-36(37(28)40(45-33)54-5)50-23-42(24-50)21-49(22-42)27(3)52)31-10-7-11-32(38(31)43)34-15-44-35(39(46-34)53-4)16-47-17-41(18-47)19-48(20-41)26(2)51/h6-11,14-15,36H,12-13,16-24H2,1-5H3/t36-/m0/s1. The van der Waals surface area contributed by atoms with E-state index >= 15 is 0 Å².